The smallest absolute Gasteiger partial charge is 0.439 e. The molecular weight excluding hydrogens is 486 g/mol. The summed E-state index contributed by atoms with van der Waals surface area (Å²) in [6, 6.07) is 11.3. The second-order valence-corrected chi connectivity index (χ2v) is 8.77. The maximum atomic E-state index is 13.3. The van der Waals surface area contributed by atoms with Gasteiger partial charge in [0.05, 0.1) is 22.8 Å². The van der Waals surface area contributed by atoms with Crippen LogP contribution in [0.3, 0.4) is 0 Å². The van der Waals surface area contributed by atoms with Gasteiger partial charge in [0.2, 0.25) is 11.4 Å². The molecule has 182 valence electrons. The summed E-state index contributed by atoms with van der Waals surface area (Å²) >= 11 is 6.08. The molecule has 10 nitrogen and oxygen atoms in total. The Morgan fingerprint density at radius 2 is 1.86 bits per heavy atom. The number of aromatic nitrogens is 4. The minimum absolute atomic E-state index is 0.115. The van der Waals surface area contributed by atoms with Crippen LogP contribution in [0.5, 0.6) is 0 Å². The lowest BCUT2D eigenvalue weighted by Gasteiger charge is -2.20. The molecule has 4 aromatic heterocycles. The Balaban J connectivity index is 1.66. The zero-order valence-electron chi connectivity index (χ0n) is 19.4. The molecule has 0 saturated heterocycles. The van der Waals surface area contributed by atoms with E-state index in [2.05, 4.69) is 29.9 Å². The molecule has 1 aromatic carbocycles. The number of anilines is 1. The number of pyridine rings is 2. The third-order valence-electron chi connectivity index (χ3n) is 5.77. The number of aromatic amines is 2. The first-order valence-electron chi connectivity index (χ1n) is 11.0. The molecule has 0 radical (unpaired) electrons. The number of benzene rings is 1. The van der Waals surface area contributed by atoms with Gasteiger partial charge in [-0.25, -0.2) is 9.78 Å². The number of halogens is 1. The molecule has 36 heavy (non-hydrogen) atoms. The maximum Gasteiger partial charge on any atom is 0.439 e. The third-order valence-corrected chi connectivity index (χ3v) is 5.98. The van der Waals surface area contributed by atoms with E-state index < -0.39 is 5.76 Å². The summed E-state index contributed by atoms with van der Waals surface area (Å²) in [5.74, 6) is -0.320. The lowest BCUT2D eigenvalue weighted by molar-refractivity contribution is 0.388. The highest BCUT2D eigenvalue weighted by molar-refractivity contribution is 6.29. The minimum atomic E-state index is -0.723. The van der Waals surface area contributed by atoms with E-state index >= 15 is 0 Å². The van der Waals surface area contributed by atoms with Crippen LogP contribution in [-0.4, -0.2) is 20.1 Å². The summed E-state index contributed by atoms with van der Waals surface area (Å²) < 4.78 is 10.9. The monoisotopic (exact) mass is 505 g/mol. The molecule has 0 fully saturated rings. The molecule has 1 atom stereocenters. The quantitative estimate of drug-likeness (QED) is 0.299. The van der Waals surface area contributed by atoms with Crippen molar-refractivity contribution in [2.75, 3.05) is 5.32 Å². The van der Waals surface area contributed by atoms with Crippen LogP contribution in [-0.2, 0) is 0 Å². The average Bonchev–Trinajstić information content (AvgIpc) is 3.28. The van der Waals surface area contributed by atoms with Crippen LogP contribution in [0.25, 0.3) is 33.9 Å². The van der Waals surface area contributed by atoms with Gasteiger partial charge in [-0.15, -0.1) is 0 Å². The molecule has 5 rings (SSSR count). The van der Waals surface area contributed by atoms with E-state index in [9.17, 15) is 14.4 Å². The van der Waals surface area contributed by atoms with Crippen molar-refractivity contribution in [2.24, 2.45) is 0 Å². The number of H-pyrrole nitrogens is 2. The normalized spacial score (nSPS) is 12.1. The lowest BCUT2D eigenvalue weighted by atomic mass is 9.99. The summed E-state index contributed by atoms with van der Waals surface area (Å²) in [5, 5.41) is 7.68. The largest absolute Gasteiger partial charge is 0.454 e. The summed E-state index contributed by atoms with van der Waals surface area (Å²) in [4.78, 5) is 46.2. The molecule has 4 heterocycles. The summed E-state index contributed by atoms with van der Waals surface area (Å²) in [6.45, 7) is 5.45. The van der Waals surface area contributed by atoms with Crippen LogP contribution in [0.2, 0.25) is 5.15 Å². The van der Waals surface area contributed by atoms with E-state index in [-0.39, 0.29) is 39.5 Å². The number of aryl methyl sites for hydroxylation is 1. The molecule has 0 amide bonds. The van der Waals surface area contributed by atoms with Gasteiger partial charge in [-0.2, -0.15) is 0 Å². The molecule has 3 N–H and O–H groups in total. The first-order valence-corrected chi connectivity index (χ1v) is 11.4. The van der Waals surface area contributed by atoms with Crippen LogP contribution < -0.4 is 22.1 Å². The second kappa shape index (κ2) is 8.97. The van der Waals surface area contributed by atoms with E-state index in [1.807, 2.05) is 19.9 Å². The van der Waals surface area contributed by atoms with Crippen molar-refractivity contribution in [3.63, 3.8) is 0 Å². The van der Waals surface area contributed by atoms with Crippen molar-refractivity contribution in [3.05, 3.63) is 95.4 Å². The van der Waals surface area contributed by atoms with Crippen LogP contribution in [0.4, 0.5) is 5.69 Å². The Kier molecular flexibility index (Phi) is 5.81. The Morgan fingerprint density at radius 3 is 2.58 bits per heavy atom. The van der Waals surface area contributed by atoms with Crippen molar-refractivity contribution in [1.82, 2.24) is 20.1 Å². The number of hydrogen-bond acceptors (Lipinski definition) is 8. The van der Waals surface area contributed by atoms with Gasteiger partial charge in [-0.05, 0) is 50.6 Å². The fourth-order valence-electron chi connectivity index (χ4n) is 4.10. The van der Waals surface area contributed by atoms with Crippen LogP contribution in [0.1, 0.15) is 29.7 Å². The van der Waals surface area contributed by atoms with Crippen molar-refractivity contribution in [2.45, 2.75) is 26.8 Å². The predicted molar refractivity (Wildman–Crippen MR) is 135 cm³/mol. The Labute approximate surface area is 208 Å². The molecule has 0 unspecified atom stereocenters. The molecule has 0 spiro atoms. The van der Waals surface area contributed by atoms with Crippen LogP contribution >= 0.6 is 11.6 Å². The number of hydrogen-bond donors (Lipinski definition) is 3. The first-order chi connectivity index (χ1) is 17.2. The molecule has 11 heteroatoms. The van der Waals surface area contributed by atoms with Gasteiger partial charge >= 0.3 is 5.76 Å². The van der Waals surface area contributed by atoms with Gasteiger partial charge in [0.1, 0.15) is 16.4 Å². The summed E-state index contributed by atoms with van der Waals surface area (Å²) in [7, 11) is 0. The van der Waals surface area contributed by atoms with E-state index in [1.165, 1.54) is 6.07 Å². The fourth-order valence-corrected chi connectivity index (χ4v) is 4.25. The minimum Gasteiger partial charge on any atom is -0.454 e. The molecule has 0 aliphatic carbocycles. The zero-order chi connectivity index (χ0) is 25.6. The molecular formula is C25H20ClN5O5. The van der Waals surface area contributed by atoms with E-state index in [1.54, 1.807) is 37.3 Å². The SMILES string of the molecule is Cc1cc([C@@H](C)Nc2ccc(Cl)nc2-c2noc(=O)[nH]2)c2oc(-c3cccc(=O)[nH]3)c(C)c(=O)c2c1. The fraction of sp³-hybridized carbons (Fsp3) is 0.160. The van der Waals surface area contributed by atoms with Crippen molar-refractivity contribution in [3.8, 4) is 23.0 Å². The molecule has 0 aliphatic rings. The van der Waals surface area contributed by atoms with Crippen molar-refractivity contribution in [1.29, 1.82) is 0 Å². The van der Waals surface area contributed by atoms with Gasteiger partial charge in [0.25, 0.3) is 0 Å². The standard InChI is InChI=1S/C25H20ClN5O5/c1-11-9-14(13(3)27-16-7-8-18(26)29-20(16)24-30-25(34)36-31-24)23-15(10-11)21(33)12(2)22(35-23)17-5-4-6-19(32)28-17/h4-10,13,27H,1-3H3,(H,28,32)(H,30,31,34)/t13-/m1/s1. The van der Waals surface area contributed by atoms with E-state index in [4.69, 9.17) is 16.0 Å². The van der Waals surface area contributed by atoms with Gasteiger partial charge in [-0.3, -0.25) is 19.1 Å². The van der Waals surface area contributed by atoms with Gasteiger partial charge in [0, 0.05) is 17.2 Å². The van der Waals surface area contributed by atoms with Crippen LogP contribution in [0.15, 0.2) is 65.8 Å². The number of rotatable bonds is 5. The highest BCUT2D eigenvalue weighted by Gasteiger charge is 2.21. The summed E-state index contributed by atoms with van der Waals surface area (Å²) in [5.41, 5.74) is 3.07. The van der Waals surface area contributed by atoms with Gasteiger partial charge < -0.3 is 14.7 Å². The van der Waals surface area contributed by atoms with Gasteiger partial charge in [-0.1, -0.05) is 28.9 Å². The van der Waals surface area contributed by atoms with E-state index in [0.29, 0.717) is 33.5 Å². The zero-order valence-corrected chi connectivity index (χ0v) is 20.2. The highest BCUT2D eigenvalue weighted by atomic mass is 35.5. The van der Waals surface area contributed by atoms with E-state index in [0.717, 1.165) is 5.56 Å². The number of fused-ring (bicyclic) bond motifs is 1. The first kappa shape index (κ1) is 23.3. The molecule has 0 saturated carbocycles. The van der Waals surface area contributed by atoms with Crippen molar-refractivity contribution >= 4 is 28.3 Å². The Hall–Kier alpha value is -4.44. The molecule has 0 bridgehead atoms. The summed E-state index contributed by atoms with van der Waals surface area (Å²) in [6.07, 6.45) is 0. The Bertz CT molecular complexity index is 1800. The topological polar surface area (TPSA) is 147 Å². The predicted octanol–water partition coefficient (Wildman–Crippen LogP) is 4.33. The molecule has 5 aromatic rings. The average molecular weight is 506 g/mol. The maximum absolute atomic E-state index is 13.3. The van der Waals surface area contributed by atoms with Crippen molar-refractivity contribution < 1.29 is 8.94 Å². The number of nitrogens with zero attached hydrogens (tertiary/aromatic N) is 2. The van der Waals surface area contributed by atoms with Gasteiger partial charge in [0.15, 0.2) is 11.2 Å². The third kappa shape index (κ3) is 4.22. The molecule has 0 aliphatic heterocycles. The highest BCUT2D eigenvalue weighted by Crippen LogP contribution is 2.33. The second-order valence-electron chi connectivity index (χ2n) is 8.38. The lowest BCUT2D eigenvalue weighted by Crippen LogP contribution is -2.14. The Morgan fingerprint density at radius 1 is 1.06 bits per heavy atom. The van der Waals surface area contributed by atoms with Crippen LogP contribution in [0, 0.1) is 13.8 Å². The number of nitrogens with one attached hydrogen (secondary N) is 3.